The van der Waals surface area contributed by atoms with Gasteiger partial charge in [-0.3, -0.25) is 14.4 Å². The summed E-state index contributed by atoms with van der Waals surface area (Å²) in [6, 6.07) is 15.9. The van der Waals surface area contributed by atoms with E-state index in [1.54, 1.807) is 0 Å². The van der Waals surface area contributed by atoms with Crippen molar-refractivity contribution < 1.29 is 19.5 Å². The number of carbonyl (C=O) groups excluding carboxylic acids is 2. The molecule has 0 aliphatic rings. The Kier molecular flexibility index (Phi) is 4.84. The van der Waals surface area contributed by atoms with Crippen LogP contribution in [0.25, 0.3) is 21.5 Å². The Morgan fingerprint density at radius 1 is 0.962 bits per heavy atom. The van der Waals surface area contributed by atoms with E-state index in [0.29, 0.717) is 5.56 Å². The summed E-state index contributed by atoms with van der Waals surface area (Å²) in [6.45, 7) is 0. The van der Waals surface area contributed by atoms with E-state index in [1.807, 2.05) is 54.6 Å². The van der Waals surface area contributed by atoms with Crippen molar-refractivity contribution in [2.75, 3.05) is 0 Å². The first kappa shape index (κ1) is 17.4. The van der Waals surface area contributed by atoms with Crippen LogP contribution in [0.2, 0.25) is 0 Å². The first-order valence-corrected chi connectivity index (χ1v) is 8.20. The second-order valence-corrected chi connectivity index (χ2v) is 6.05. The van der Waals surface area contributed by atoms with E-state index in [-0.39, 0.29) is 12.8 Å². The molecule has 0 heterocycles. The number of carboxylic acid groups (broad SMARTS) is 1. The lowest BCUT2D eigenvalue weighted by molar-refractivity contribution is -0.137. The van der Waals surface area contributed by atoms with Crippen molar-refractivity contribution in [2.24, 2.45) is 5.73 Å². The van der Waals surface area contributed by atoms with E-state index in [9.17, 15) is 14.4 Å². The van der Waals surface area contributed by atoms with Gasteiger partial charge in [0.15, 0.2) is 0 Å². The third-order valence-electron chi connectivity index (χ3n) is 4.29. The van der Waals surface area contributed by atoms with Gasteiger partial charge in [-0.15, -0.1) is 0 Å². The van der Waals surface area contributed by atoms with Crippen LogP contribution in [0.1, 0.15) is 23.2 Å². The maximum Gasteiger partial charge on any atom is 0.303 e. The monoisotopic (exact) mass is 350 g/mol. The van der Waals surface area contributed by atoms with Crippen molar-refractivity contribution in [3.63, 3.8) is 0 Å². The smallest absolute Gasteiger partial charge is 0.303 e. The largest absolute Gasteiger partial charge is 0.481 e. The highest BCUT2D eigenvalue weighted by Gasteiger charge is 2.22. The quantitative estimate of drug-likeness (QED) is 0.593. The number of benzene rings is 3. The fraction of sp³-hybridized carbons (Fsp3) is 0.150. The molecule has 6 nitrogen and oxygen atoms in total. The molecular formula is C20H18N2O4. The second kappa shape index (κ2) is 7.23. The minimum atomic E-state index is -1.05. The van der Waals surface area contributed by atoms with Gasteiger partial charge in [-0.25, -0.2) is 0 Å². The van der Waals surface area contributed by atoms with Gasteiger partial charge in [0.2, 0.25) is 5.91 Å². The van der Waals surface area contributed by atoms with Gasteiger partial charge >= 0.3 is 5.97 Å². The molecule has 4 N–H and O–H groups in total. The molecule has 132 valence electrons. The van der Waals surface area contributed by atoms with Gasteiger partial charge in [-0.1, -0.05) is 48.5 Å². The molecule has 26 heavy (non-hydrogen) atoms. The number of rotatable bonds is 6. The highest BCUT2D eigenvalue weighted by molar-refractivity contribution is 6.18. The van der Waals surface area contributed by atoms with Crippen LogP contribution in [0.4, 0.5) is 0 Å². The van der Waals surface area contributed by atoms with Crippen LogP contribution in [0.5, 0.6) is 0 Å². The number of carboxylic acids is 1. The molecule has 2 amide bonds. The number of primary amides is 1. The molecule has 3 aromatic carbocycles. The van der Waals surface area contributed by atoms with Gasteiger partial charge in [-0.2, -0.15) is 0 Å². The van der Waals surface area contributed by atoms with Gasteiger partial charge in [0.1, 0.15) is 6.04 Å². The van der Waals surface area contributed by atoms with Crippen LogP contribution in [0.15, 0.2) is 54.6 Å². The topological polar surface area (TPSA) is 109 Å². The molecule has 3 rings (SSSR count). The Balaban J connectivity index is 2.05. The molecule has 3 aromatic rings. The summed E-state index contributed by atoms with van der Waals surface area (Å²) < 4.78 is 0. The molecule has 0 unspecified atom stereocenters. The molecule has 0 aromatic heterocycles. The number of carbonyl (C=O) groups is 3. The van der Waals surface area contributed by atoms with Crippen LogP contribution >= 0.6 is 0 Å². The van der Waals surface area contributed by atoms with Crippen LogP contribution in [-0.4, -0.2) is 28.9 Å². The first-order valence-electron chi connectivity index (χ1n) is 8.20. The fourth-order valence-corrected chi connectivity index (χ4v) is 3.04. The summed E-state index contributed by atoms with van der Waals surface area (Å²) in [4.78, 5) is 35.4. The van der Waals surface area contributed by atoms with Crippen molar-refractivity contribution >= 4 is 39.3 Å². The maximum absolute atomic E-state index is 13.0. The third-order valence-corrected chi connectivity index (χ3v) is 4.29. The third kappa shape index (κ3) is 3.49. The molecular weight excluding hydrogens is 332 g/mol. The number of nitrogens with two attached hydrogens (primary N) is 1. The average Bonchev–Trinajstić information content (AvgIpc) is 2.62. The molecule has 0 saturated heterocycles. The Morgan fingerprint density at radius 2 is 1.50 bits per heavy atom. The zero-order valence-electron chi connectivity index (χ0n) is 13.9. The van der Waals surface area contributed by atoms with E-state index < -0.39 is 23.8 Å². The minimum Gasteiger partial charge on any atom is -0.481 e. The van der Waals surface area contributed by atoms with Gasteiger partial charge in [0, 0.05) is 6.42 Å². The van der Waals surface area contributed by atoms with Crippen molar-refractivity contribution in [3.8, 4) is 0 Å². The Bertz CT molecular complexity index is 959. The zero-order valence-corrected chi connectivity index (χ0v) is 13.9. The molecule has 6 heteroatoms. The van der Waals surface area contributed by atoms with Crippen LogP contribution < -0.4 is 11.1 Å². The lowest BCUT2D eigenvalue weighted by Crippen LogP contribution is -2.44. The Hall–Kier alpha value is -3.41. The number of fused-ring (bicyclic) bond motifs is 2. The number of nitrogens with one attached hydrogen (secondary N) is 1. The fourth-order valence-electron chi connectivity index (χ4n) is 3.04. The van der Waals surface area contributed by atoms with Crippen LogP contribution in [-0.2, 0) is 9.59 Å². The summed E-state index contributed by atoms with van der Waals surface area (Å²) in [6.07, 6.45) is -0.316. The summed E-state index contributed by atoms with van der Waals surface area (Å²) in [5.41, 5.74) is 5.77. The lowest BCUT2D eigenvalue weighted by atomic mass is 9.96. The van der Waals surface area contributed by atoms with Crippen molar-refractivity contribution in [3.05, 3.63) is 60.2 Å². The average molecular weight is 350 g/mol. The van der Waals surface area contributed by atoms with E-state index in [2.05, 4.69) is 5.32 Å². The van der Waals surface area contributed by atoms with E-state index in [4.69, 9.17) is 10.8 Å². The summed E-state index contributed by atoms with van der Waals surface area (Å²) >= 11 is 0. The normalized spacial score (nSPS) is 12.0. The Morgan fingerprint density at radius 3 is 2.00 bits per heavy atom. The van der Waals surface area contributed by atoms with Crippen LogP contribution in [0.3, 0.4) is 0 Å². The number of hydrogen-bond donors (Lipinski definition) is 3. The standard InChI is InChI=1S/C20H18N2O4/c21-19(25)16(9-10-17(23)24)22-20(26)18-14-7-3-1-5-12(14)11-13-6-2-4-8-15(13)18/h1-8,11,16H,9-10H2,(H2,21,25)(H,22,26)(H,23,24)/t16-/m1/s1. The molecule has 0 spiro atoms. The minimum absolute atomic E-state index is 0.0564. The number of amides is 2. The lowest BCUT2D eigenvalue weighted by Gasteiger charge is -2.17. The van der Waals surface area contributed by atoms with E-state index in [1.165, 1.54) is 0 Å². The zero-order chi connectivity index (χ0) is 18.7. The summed E-state index contributed by atoms with van der Waals surface area (Å²) in [5.74, 6) is -2.27. The van der Waals surface area contributed by atoms with Crippen molar-refractivity contribution in [1.82, 2.24) is 5.32 Å². The van der Waals surface area contributed by atoms with Crippen LogP contribution in [0, 0.1) is 0 Å². The SMILES string of the molecule is NC(=O)[C@@H](CCC(=O)O)NC(=O)c1c2ccccc2cc2ccccc12. The van der Waals surface area contributed by atoms with Gasteiger partial charge < -0.3 is 16.2 Å². The first-order chi connectivity index (χ1) is 12.5. The molecule has 0 aliphatic heterocycles. The second-order valence-electron chi connectivity index (χ2n) is 6.05. The number of aliphatic carboxylic acids is 1. The summed E-state index contributed by atoms with van der Waals surface area (Å²) in [7, 11) is 0. The number of hydrogen-bond acceptors (Lipinski definition) is 3. The molecule has 0 saturated carbocycles. The molecule has 0 aliphatic carbocycles. The van der Waals surface area contributed by atoms with Gasteiger partial charge in [0.25, 0.3) is 5.91 Å². The molecule has 0 fully saturated rings. The van der Waals surface area contributed by atoms with Crippen molar-refractivity contribution in [1.29, 1.82) is 0 Å². The molecule has 0 radical (unpaired) electrons. The Labute approximate surface area is 149 Å². The molecule has 1 atom stereocenters. The predicted octanol–water partition coefficient (Wildman–Crippen LogP) is 2.44. The van der Waals surface area contributed by atoms with Gasteiger partial charge in [-0.05, 0) is 34.0 Å². The highest BCUT2D eigenvalue weighted by atomic mass is 16.4. The molecule has 0 bridgehead atoms. The van der Waals surface area contributed by atoms with Crippen molar-refractivity contribution in [2.45, 2.75) is 18.9 Å². The van der Waals surface area contributed by atoms with E-state index in [0.717, 1.165) is 21.5 Å². The summed E-state index contributed by atoms with van der Waals surface area (Å²) in [5, 5.41) is 14.7. The highest BCUT2D eigenvalue weighted by Crippen LogP contribution is 2.28. The predicted molar refractivity (Wildman–Crippen MR) is 98.8 cm³/mol. The van der Waals surface area contributed by atoms with Gasteiger partial charge in [0.05, 0.1) is 5.56 Å². The van der Waals surface area contributed by atoms with E-state index >= 15 is 0 Å². The maximum atomic E-state index is 13.0.